The molecular formula is C21H18F7N3O6S2. The van der Waals surface area contributed by atoms with Crippen LogP contribution < -0.4 is 4.90 Å². The number of benzene rings is 2. The van der Waals surface area contributed by atoms with E-state index in [1.165, 1.54) is 4.90 Å². The second kappa shape index (κ2) is 10.7. The van der Waals surface area contributed by atoms with Crippen LogP contribution in [-0.2, 0) is 25.4 Å². The number of sulfone groups is 1. The SMILES string of the molecule is O=C(CS(=O)(=O)c1ccc(S(=O)C(F)(F)C(F)(F)C(F)(F)F)cc1[N+](=O)[O-])N1CCN(c2ccccc2)CC1. The first kappa shape index (κ1) is 30.3. The minimum atomic E-state index is -6.81. The van der Waals surface area contributed by atoms with Gasteiger partial charge in [0.1, 0.15) is 21.4 Å². The molecule has 2 aromatic rings. The zero-order valence-electron chi connectivity index (χ0n) is 19.4. The van der Waals surface area contributed by atoms with E-state index in [-0.39, 0.29) is 31.3 Å². The molecule has 0 bridgehead atoms. The van der Waals surface area contributed by atoms with Crippen molar-refractivity contribution in [1.82, 2.24) is 4.90 Å². The van der Waals surface area contributed by atoms with Gasteiger partial charge in [0.25, 0.3) is 5.69 Å². The molecule has 3 rings (SSSR count). The van der Waals surface area contributed by atoms with Gasteiger partial charge in [-0.15, -0.1) is 0 Å². The van der Waals surface area contributed by atoms with E-state index in [9.17, 15) is 58.3 Å². The first-order valence-electron chi connectivity index (χ1n) is 10.7. The normalized spacial score (nSPS) is 16.2. The third kappa shape index (κ3) is 6.00. The van der Waals surface area contributed by atoms with Crippen molar-refractivity contribution in [1.29, 1.82) is 0 Å². The number of carbonyl (C=O) groups is 1. The molecule has 1 unspecified atom stereocenters. The average Bonchev–Trinajstić information content (AvgIpc) is 2.87. The molecule has 1 fully saturated rings. The Morgan fingerprint density at radius 3 is 2.03 bits per heavy atom. The highest BCUT2D eigenvalue weighted by Gasteiger charge is 2.76. The Bertz CT molecular complexity index is 1380. The van der Waals surface area contributed by atoms with Crippen molar-refractivity contribution in [3.8, 4) is 0 Å². The van der Waals surface area contributed by atoms with Crippen molar-refractivity contribution in [2.45, 2.75) is 27.1 Å². The Labute approximate surface area is 218 Å². The fraction of sp³-hybridized carbons (Fsp3) is 0.381. The molecule has 1 saturated heterocycles. The zero-order chi connectivity index (χ0) is 29.4. The lowest BCUT2D eigenvalue weighted by Gasteiger charge is -2.36. The van der Waals surface area contributed by atoms with E-state index < -0.39 is 70.1 Å². The Morgan fingerprint density at radius 1 is 0.949 bits per heavy atom. The number of piperazine rings is 1. The number of hydrogen-bond donors (Lipinski definition) is 0. The van der Waals surface area contributed by atoms with Crippen LogP contribution in [0.2, 0.25) is 0 Å². The second-order valence-corrected chi connectivity index (χ2v) is 11.7. The van der Waals surface area contributed by atoms with E-state index in [1.807, 2.05) is 17.0 Å². The molecular weight excluding hydrogens is 587 g/mol. The summed E-state index contributed by atoms with van der Waals surface area (Å²) in [5.74, 6) is -9.01. The lowest BCUT2D eigenvalue weighted by molar-refractivity contribution is -0.388. The van der Waals surface area contributed by atoms with Crippen LogP contribution in [0.4, 0.5) is 42.1 Å². The Hall–Kier alpha value is -3.28. The lowest BCUT2D eigenvalue weighted by atomic mass is 10.2. The molecule has 0 saturated carbocycles. The minimum absolute atomic E-state index is 0.103. The van der Waals surface area contributed by atoms with Crippen LogP contribution >= 0.6 is 0 Å². The fourth-order valence-electron chi connectivity index (χ4n) is 3.63. The smallest absolute Gasteiger partial charge is 0.368 e. The number of hydrogen-bond acceptors (Lipinski definition) is 7. The number of para-hydroxylation sites is 1. The lowest BCUT2D eigenvalue weighted by Crippen LogP contribution is -2.54. The predicted octanol–water partition coefficient (Wildman–Crippen LogP) is 3.62. The highest BCUT2D eigenvalue weighted by atomic mass is 32.2. The summed E-state index contributed by atoms with van der Waals surface area (Å²) >= 11 is 0. The van der Waals surface area contributed by atoms with Gasteiger partial charge in [-0.3, -0.25) is 14.9 Å². The summed E-state index contributed by atoms with van der Waals surface area (Å²) in [7, 11) is -9.33. The molecule has 2 aromatic carbocycles. The van der Waals surface area contributed by atoms with E-state index >= 15 is 0 Å². The number of amides is 1. The third-order valence-corrected chi connectivity index (χ3v) is 8.74. The largest absolute Gasteiger partial charge is 0.461 e. The maximum Gasteiger partial charge on any atom is 0.461 e. The van der Waals surface area contributed by atoms with Gasteiger partial charge in [0.2, 0.25) is 5.91 Å². The number of halogens is 7. The van der Waals surface area contributed by atoms with Crippen LogP contribution in [0.15, 0.2) is 58.3 Å². The van der Waals surface area contributed by atoms with Gasteiger partial charge in [0.05, 0.1) is 9.82 Å². The van der Waals surface area contributed by atoms with E-state index in [2.05, 4.69) is 0 Å². The van der Waals surface area contributed by atoms with Crippen LogP contribution in [0.5, 0.6) is 0 Å². The van der Waals surface area contributed by atoms with Crippen molar-refractivity contribution >= 4 is 37.9 Å². The summed E-state index contributed by atoms with van der Waals surface area (Å²) in [5.41, 5.74) is -0.669. The molecule has 0 radical (unpaired) electrons. The van der Waals surface area contributed by atoms with Crippen molar-refractivity contribution in [3.63, 3.8) is 0 Å². The van der Waals surface area contributed by atoms with Crippen LogP contribution in [0.3, 0.4) is 0 Å². The number of alkyl halides is 7. The third-order valence-electron chi connectivity index (χ3n) is 5.70. The quantitative estimate of drug-likeness (QED) is 0.256. The van der Waals surface area contributed by atoms with Crippen molar-refractivity contribution < 1.29 is 53.1 Å². The molecule has 0 aliphatic carbocycles. The molecule has 9 nitrogen and oxygen atoms in total. The molecule has 18 heteroatoms. The standard InChI is InChI=1S/C21H18F7N3O6S2/c22-19(23,20(24,25)26)21(27,28)38(35)15-6-7-17(16(12-15)31(33)34)39(36,37)13-18(32)30-10-8-29(9-11-30)14-4-2-1-3-5-14/h1-7,12H,8-11,13H2. The Balaban J connectivity index is 1.82. The Morgan fingerprint density at radius 2 is 1.51 bits per heavy atom. The summed E-state index contributed by atoms with van der Waals surface area (Å²) in [5, 5.41) is 5.18. The monoisotopic (exact) mass is 605 g/mol. The molecule has 0 aromatic heterocycles. The minimum Gasteiger partial charge on any atom is -0.368 e. The van der Waals surface area contributed by atoms with Crippen LogP contribution in [0, 0.1) is 10.1 Å². The van der Waals surface area contributed by atoms with E-state index in [0.29, 0.717) is 13.1 Å². The van der Waals surface area contributed by atoms with Crippen molar-refractivity contribution in [2.75, 3.05) is 36.8 Å². The summed E-state index contributed by atoms with van der Waals surface area (Å²) < 4.78 is 129. The van der Waals surface area contributed by atoms with Crippen LogP contribution in [0.25, 0.3) is 0 Å². The number of anilines is 1. The molecule has 214 valence electrons. The topological polar surface area (TPSA) is 118 Å². The van der Waals surface area contributed by atoms with Gasteiger partial charge in [0.15, 0.2) is 9.84 Å². The number of carbonyl (C=O) groups excluding carboxylic acids is 1. The summed E-state index contributed by atoms with van der Waals surface area (Å²) in [6, 6.07) is 9.40. The molecule has 0 spiro atoms. The van der Waals surface area contributed by atoms with E-state index in [1.54, 1.807) is 18.2 Å². The first-order valence-corrected chi connectivity index (χ1v) is 13.5. The molecule has 1 atom stereocenters. The fourth-order valence-corrected chi connectivity index (χ4v) is 6.08. The van der Waals surface area contributed by atoms with Gasteiger partial charge in [-0.25, -0.2) is 12.6 Å². The molecule has 1 aliphatic heterocycles. The Kier molecular flexibility index (Phi) is 8.31. The van der Waals surface area contributed by atoms with Gasteiger partial charge in [-0.05, 0) is 24.3 Å². The predicted molar refractivity (Wildman–Crippen MR) is 123 cm³/mol. The molecule has 0 N–H and O–H groups in total. The summed E-state index contributed by atoms with van der Waals surface area (Å²) in [6.45, 7) is 0.887. The molecule has 1 amide bonds. The highest BCUT2D eigenvalue weighted by Crippen LogP contribution is 2.49. The van der Waals surface area contributed by atoms with Crippen LogP contribution in [-0.4, -0.2) is 77.6 Å². The van der Waals surface area contributed by atoms with Crippen LogP contribution in [0.1, 0.15) is 0 Å². The number of rotatable bonds is 8. The van der Waals surface area contributed by atoms with Gasteiger partial charge in [0, 0.05) is 37.9 Å². The zero-order valence-corrected chi connectivity index (χ0v) is 21.0. The average molecular weight is 606 g/mol. The van der Waals surface area contributed by atoms with Crippen molar-refractivity contribution in [3.05, 3.63) is 58.6 Å². The van der Waals surface area contributed by atoms with E-state index in [4.69, 9.17) is 0 Å². The number of nitrogens with zero attached hydrogens (tertiary/aromatic N) is 3. The second-order valence-electron chi connectivity index (χ2n) is 8.21. The maximum atomic E-state index is 13.8. The summed E-state index contributed by atoms with van der Waals surface area (Å²) in [4.78, 5) is 23.0. The molecule has 1 aliphatic rings. The van der Waals surface area contributed by atoms with E-state index in [0.717, 1.165) is 5.69 Å². The number of nitro groups is 1. The molecule has 39 heavy (non-hydrogen) atoms. The molecule has 1 heterocycles. The summed E-state index contributed by atoms with van der Waals surface area (Å²) in [6.07, 6.45) is -6.81. The maximum absolute atomic E-state index is 13.8. The highest BCUT2D eigenvalue weighted by molar-refractivity contribution is 7.92. The van der Waals surface area contributed by atoms with Gasteiger partial charge in [-0.2, -0.15) is 30.7 Å². The van der Waals surface area contributed by atoms with Gasteiger partial charge >= 0.3 is 17.4 Å². The van der Waals surface area contributed by atoms with Gasteiger partial charge in [-0.1, -0.05) is 18.2 Å². The number of nitro benzene ring substituents is 1. The van der Waals surface area contributed by atoms with Crippen molar-refractivity contribution in [2.24, 2.45) is 0 Å². The first-order chi connectivity index (χ1) is 17.9. The van der Waals surface area contributed by atoms with Gasteiger partial charge < -0.3 is 9.80 Å².